The van der Waals surface area contributed by atoms with Gasteiger partial charge in [-0.25, -0.2) is 4.79 Å². The molecule has 2 N–H and O–H groups in total. The van der Waals surface area contributed by atoms with Crippen LogP contribution >= 0.6 is 0 Å². The van der Waals surface area contributed by atoms with Crippen LogP contribution in [0.4, 0.5) is 10.5 Å². The second-order valence-corrected chi connectivity index (χ2v) is 7.24. The predicted molar refractivity (Wildman–Crippen MR) is 118 cm³/mol. The van der Waals surface area contributed by atoms with Crippen LogP contribution in [0.5, 0.6) is 0 Å². The van der Waals surface area contributed by atoms with Crippen LogP contribution < -0.4 is 10.6 Å². The molecule has 0 saturated carbocycles. The van der Waals surface area contributed by atoms with E-state index in [0.29, 0.717) is 12.1 Å². The number of benzene rings is 3. The number of amides is 2. The Labute approximate surface area is 177 Å². The lowest BCUT2D eigenvalue weighted by Crippen LogP contribution is -2.45. The van der Waals surface area contributed by atoms with Crippen LogP contribution in [0, 0.1) is 13.8 Å². The highest BCUT2D eigenvalue weighted by Crippen LogP contribution is 2.15. The first-order valence-corrected chi connectivity index (χ1v) is 9.90. The van der Waals surface area contributed by atoms with Gasteiger partial charge in [0.15, 0.2) is 0 Å². The fourth-order valence-corrected chi connectivity index (χ4v) is 3.01. The molecule has 5 nitrogen and oxygen atoms in total. The maximum absolute atomic E-state index is 12.9. The zero-order chi connectivity index (χ0) is 21.3. The van der Waals surface area contributed by atoms with Gasteiger partial charge in [-0.15, -0.1) is 0 Å². The summed E-state index contributed by atoms with van der Waals surface area (Å²) in [5.74, 6) is -0.293. The molecule has 5 heteroatoms. The monoisotopic (exact) mass is 402 g/mol. The van der Waals surface area contributed by atoms with Crippen molar-refractivity contribution in [1.29, 1.82) is 0 Å². The number of alkyl carbamates (subject to hydrolysis) is 1. The Morgan fingerprint density at radius 3 is 2.10 bits per heavy atom. The molecule has 154 valence electrons. The fourth-order valence-electron chi connectivity index (χ4n) is 3.01. The average Bonchev–Trinajstić information content (AvgIpc) is 2.76. The summed E-state index contributed by atoms with van der Waals surface area (Å²) < 4.78 is 5.30. The molecule has 0 saturated heterocycles. The molecule has 0 aliphatic heterocycles. The smallest absolute Gasteiger partial charge is 0.408 e. The van der Waals surface area contributed by atoms with Gasteiger partial charge in [0, 0.05) is 12.1 Å². The van der Waals surface area contributed by atoms with Crippen LogP contribution in [0.2, 0.25) is 0 Å². The van der Waals surface area contributed by atoms with E-state index in [4.69, 9.17) is 4.74 Å². The molecular weight excluding hydrogens is 376 g/mol. The van der Waals surface area contributed by atoms with Gasteiger partial charge in [0.1, 0.15) is 12.6 Å². The fraction of sp³-hybridized carbons (Fsp3) is 0.200. The predicted octanol–water partition coefficient (Wildman–Crippen LogP) is 4.78. The molecule has 0 spiro atoms. The summed E-state index contributed by atoms with van der Waals surface area (Å²) in [6.45, 7) is 4.15. The minimum atomic E-state index is -0.766. The van der Waals surface area contributed by atoms with Crippen molar-refractivity contribution < 1.29 is 14.3 Å². The van der Waals surface area contributed by atoms with Crippen LogP contribution in [0.25, 0.3) is 0 Å². The second kappa shape index (κ2) is 10.3. The second-order valence-electron chi connectivity index (χ2n) is 7.24. The summed E-state index contributed by atoms with van der Waals surface area (Å²) in [6, 6.07) is 23.9. The quantitative estimate of drug-likeness (QED) is 0.598. The Morgan fingerprint density at radius 2 is 1.47 bits per heavy atom. The van der Waals surface area contributed by atoms with Gasteiger partial charge in [0.2, 0.25) is 5.91 Å². The molecule has 0 bridgehead atoms. The van der Waals surface area contributed by atoms with E-state index in [9.17, 15) is 9.59 Å². The van der Waals surface area contributed by atoms with Gasteiger partial charge < -0.3 is 15.4 Å². The van der Waals surface area contributed by atoms with Gasteiger partial charge >= 0.3 is 6.09 Å². The molecule has 2 amide bonds. The summed E-state index contributed by atoms with van der Waals surface area (Å²) in [6.07, 6.45) is -0.271. The van der Waals surface area contributed by atoms with E-state index in [2.05, 4.69) is 10.6 Å². The molecule has 0 unspecified atom stereocenters. The van der Waals surface area contributed by atoms with E-state index in [1.807, 2.05) is 92.7 Å². The number of ether oxygens (including phenoxy) is 1. The van der Waals surface area contributed by atoms with E-state index in [0.717, 1.165) is 22.3 Å². The molecular formula is C25H26N2O3. The van der Waals surface area contributed by atoms with Crippen LogP contribution in [0.1, 0.15) is 22.3 Å². The van der Waals surface area contributed by atoms with Crippen molar-refractivity contribution in [3.05, 3.63) is 101 Å². The minimum Gasteiger partial charge on any atom is -0.445 e. The summed E-state index contributed by atoms with van der Waals surface area (Å²) in [5.41, 5.74) is 4.76. The van der Waals surface area contributed by atoms with Gasteiger partial charge in [0.25, 0.3) is 0 Å². The number of carbonyl (C=O) groups excluding carboxylic acids is 2. The van der Waals surface area contributed by atoms with E-state index >= 15 is 0 Å². The molecule has 0 aliphatic rings. The lowest BCUT2D eigenvalue weighted by Gasteiger charge is -2.19. The average molecular weight is 402 g/mol. The van der Waals surface area contributed by atoms with Crippen molar-refractivity contribution in [2.45, 2.75) is 32.9 Å². The number of anilines is 1. The first kappa shape index (κ1) is 21.1. The number of carbonyl (C=O) groups is 2. The number of nitrogens with one attached hydrogen (secondary N) is 2. The minimum absolute atomic E-state index is 0.142. The number of hydrogen-bond donors (Lipinski definition) is 2. The largest absolute Gasteiger partial charge is 0.445 e. The molecule has 3 rings (SSSR count). The third-order valence-corrected chi connectivity index (χ3v) is 4.88. The van der Waals surface area contributed by atoms with Crippen molar-refractivity contribution in [3.63, 3.8) is 0 Å². The third kappa shape index (κ3) is 6.21. The summed E-state index contributed by atoms with van der Waals surface area (Å²) in [7, 11) is 0. The Bertz CT molecular complexity index is 988. The summed E-state index contributed by atoms with van der Waals surface area (Å²) in [5, 5.41) is 5.61. The highest BCUT2D eigenvalue weighted by molar-refractivity contribution is 5.96. The lowest BCUT2D eigenvalue weighted by atomic mass is 10.0. The lowest BCUT2D eigenvalue weighted by molar-refractivity contribution is -0.118. The van der Waals surface area contributed by atoms with E-state index in [1.54, 1.807) is 0 Å². The van der Waals surface area contributed by atoms with Gasteiger partial charge in [-0.3, -0.25) is 4.79 Å². The zero-order valence-electron chi connectivity index (χ0n) is 17.2. The van der Waals surface area contributed by atoms with Gasteiger partial charge in [0.05, 0.1) is 0 Å². The SMILES string of the molecule is Cc1ccc(NC(=O)[C@@H](Cc2ccccc2)NC(=O)OCc2ccccc2)cc1C. The highest BCUT2D eigenvalue weighted by atomic mass is 16.5. The van der Waals surface area contributed by atoms with Crippen molar-refractivity contribution in [2.24, 2.45) is 0 Å². The van der Waals surface area contributed by atoms with Crippen LogP contribution in [-0.4, -0.2) is 18.0 Å². The highest BCUT2D eigenvalue weighted by Gasteiger charge is 2.22. The standard InChI is InChI=1S/C25H26N2O3/c1-18-13-14-22(15-19(18)2)26-24(28)23(16-20-9-5-3-6-10-20)27-25(29)30-17-21-11-7-4-8-12-21/h3-15,23H,16-17H2,1-2H3,(H,26,28)(H,27,29)/t23-/m1/s1. The van der Waals surface area contributed by atoms with Crippen molar-refractivity contribution in [2.75, 3.05) is 5.32 Å². The summed E-state index contributed by atoms with van der Waals surface area (Å²) >= 11 is 0. The third-order valence-electron chi connectivity index (χ3n) is 4.88. The molecule has 1 atom stereocenters. The first-order chi connectivity index (χ1) is 14.5. The molecule has 0 radical (unpaired) electrons. The Morgan fingerprint density at radius 1 is 0.833 bits per heavy atom. The topological polar surface area (TPSA) is 67.4 Å². The number of rotatable bonds is 7. The molecule has 0 aromatic heterocycles. The molecule has 0 aliphatic carbocycles. The molecule has 30 heavy (non-hydrogen) atoms. The molecule has 0 fully saturated rings. The Hall–Kier alpha value is -3.60. The van der Waals surface area contributed by atoms with Crippen molar-refractivity contribution in [3.8, 4) is 0 Å². The zero-order valence-corrected chi connectivity index (χ0v) is 17.2. The van der Waals surface area contributed by atoms with Gasteiger partial charge in [-0.05, 0) is 48.2 Å². The summed E-state index contributed by atoms with van der Waals surface area (Å²) in [4.78, 5) is 25.3. The molecule has 0 heterocycles. The van der Waals surface area contributed by atoms with Gasteiger partial charge in [-0.1, -0.05) is 66.7 Å². The first-order valence-electron chi connectivity index (χ1n) is 9.90. The van der Waals surface area contributed by atoms with E-state index in [1.165, 1.54) is 0 Å². The Kier molecular flexibility index (Phi) is 7.22. The normalized spacial score (nSPS) is 11.4. The van der Waals surface area contributed by atoms with Crippen LogP contribution in [-0.2, 0) is 22.6 Å². The Balaban J connectivity index is 1.68. The van der Waals surface area contributed by atoms with Crippen LogP contribution in [0.3, 0.4) is 0 Å². The number of aryl methyl sites for hydroxylation is 2. The molecule has 3 aromatic rings. The maximum Gasteiger partial charge on any atom is 0.408 e. The maximum atomic E-state index is 12.9. The van der Waals surface area contributed by atoms with E-state index in [-0.39, 0.29) is 12.5 Å². The van der Waals surface area contributed by atoms with Crippen LogP contribution in [0.15, 0.2) is 78.9 Å². The van der Waals surface area contributed by atoms with Crippen molar-refractivity contribution in [1.82, 2.24) is 5.32 Å². The van der Waals surface area contributed by atoms with Gasteiger partial charge in [-0.2, -0.15) is 0 Å². The number of hydrogen-bond acceptors (Lipinski definition) is 3. The molecule has 3 aromatic carbocycles. The van der Waals surface area contributed by atoms with E-state index < -0.39 is 12.1 Å². The van der Waals surface area contributed by atoms with Crippen molar-refractivity contribution >= 4 is 17.7 Å².